The van der Waals surface area contributed by atoms with E-state index in [9.17, 15) is 14.4 Å². The third-order valence-corrected chi connectivity index (χ3v) is 6.86. The predicted molar refractivity (Wildman–Crippen MR) is 135 cm³/mol. The summed E-state index contributed by atoms with van der Waals surface area (Å²) < 4.78 is 5.80. The maximum atomic E-state index is 13.4. The smallest absolute Gasteiger partial charge is 0.323 e. The Morgan fingerprint density at radius 3 is 2.21 bits per heavy atom. The van der Waals surface area contributed by atoms with Crippen molar-refractivity contribution < 1.29 is 19.1 Å². The lowest BCUT2D eigenvalue weighted by atomic mass is 9.83. The molecule has 1 N–H and O–H groups in total. The van der Waals surface area contributed by atoms with Crippen molar-refractivity contribution in [2.24, 2.45) is 11.8 Å². The van der Waals surface area contributed by atoms with Crippen LogP contribution >= 0.6 is 0 Å². The molecule has 6 heteroatoms. The van der Waals surface area contributed by atoms with Gasteiger partial charge in [0.05, 0.1) is 0 Å². The molecule has 0 bridgehead atoms. The van der Waals surface area contributed by atoms with Crippen molar-refractivity contribution in [3.63, 3.8) is 0 Å². The molecule has 2 rings (SSSR count). The van der Waals surface area contributed by atoms with Crippen molar-refractivity contribution in [2.75, 3.05) is 0 Å². The van der Waals surface area contributed by atoms with Crippen molar-refractivity contribution in [3.8, 4) is 0 Å². The van der Waals surface area contributed by atoms with Crippen LogP contribution in [0.4, 0.5) is 0 Å². The summed E-state index contributed by atoms with van der Waals surface area (Å²) in [5, 5.41) is 3.17. The van der Waals surface area contributed by atoms with Gasteiger partial charge in [0.15, 0.2) is 0 Å². The zero-order chi connectivity index (χ0) is 25.5. The van der Waals surface area contributed by atoms with Crippen molar-refractivity contribution in [2.45, 2.75) is 111 Å². The average molecular weight is 473 g/mol. The van der Waals surface area contributed by atoms with E-state index >= 15 is 0 Å². The number of likely N-dealkylation sites (tertiary alicyclic amines) is 1. The van der Waals surface area contributed by atoms with Gasteiger partial charge in [0.1, 0.15) is 17.4 Å². The number of nitrogens with zero attached hydrogens (tertiary/aromatic N) is 1. The first kappa shape index (κ1) is 28.0. The second-order valence-electron chi connectivity index (χ2n) is 10.6. The second kappa shape index (κ2) is 12.5. The minimum atomic E-state index is -0.621. The van der Waals surface area contributed by atoms with Crippen molar-refractivity contribution in [1.29, 1.82) is 0 Å². The standard InChI is InChI=1S/C28H44N2O4/c1-8-20(9-2)16-23(29-19(4)31)26-22(25(32)10-3)17-24(27(33)34-28(5,6)7)30(26)18-21-14-12-11-13-15-21/h11-15,20,22-24,26H,8-10,16-18H2,1-7H3,(H,29,31)/t22-,23-,24?,26+/m0/s1. The zero-order valence-corrected chi connectivity index (χ0v) is 22.1. The Balaban J connectivity index is 2.55. The van der Waals surface area contributed by atoms with Gasteiger partial charge in [-0.3, -0.25) is 19.3 Å². The van der Waals surface area contributed by atoms with Gasteiger partial charge in [-0.25, -0.2) is 0 Å². The maximum absolute atomic E-state index is 13.4. The Kier molecular flexibility index (Phi) is 10.3. The molecular weight excluding hydrogens is 428 g/mol. The number of ether oxygens (including phenoxy) is 1. The molecule has 0 radical (unpaired) electrons. The first-order valence-electron chi connectivity index (χ1n) is 12.8. The molecule has 190 valence electrons. The molecule has 1 aliphatic rings. The molecule has 0 aliphatic carbocycles. The number of nitrogens with one attached hydrogen (secondary N) is 1. The molecular formula is C28H44N2O4. The van der Waals surface area contributed by atoms with Gasteiger partial charge in [-0.05, 0) is 45.1 Å². The van der Waals surface area contributed by atoms with Crippen LogP contribution in [-0.4, -0.2) is 46.3 Å². The van der Waals surface area contributed by atoms with Gasteiger partial charge in [0, 0.05) is 37.9 Å². The van der Waals surface area contributed by atoms with E-state index in [-0.39, 0.29) is 35.7 Å². The van der Waals surface area contributed by atoms with E-state index in [0.29, 0.717) is 25.3 Å². The average Bonchev–Trinajstić information content (AvgIpc) is 3.14. The summed E-state index contributed by atoms with van der Waals surface area (Å²) in [6.45, 7) is 13.8. The summed E-state index contributed by atoms with van der Waals surface area (Å²) in [7, 11) is 0. The Hall–Kier alpha value is -2.21. The first-order valence-corrected chi connectivity index (χ1v) is 12.8. The van der Waals surface area contributed by atoms with E-state index in [4.69, 9.17) is 4.74 Å². The molecule has 1 fully saturated rings. The SMILES string of the molecule is CCC(=O)[C@@H]1CC(C(=O)OC(C)(C)C)N(Cc2ccccc2)[C@H]1[C@H](CC(CC)CC)NC(C)=O. The number of hydrogen-bond donors (Lipinski definition) is 1. The van der Waals surface area contributed by atoms with Crippen molar-refractivity contribution in [3.05, 3.63) is 35.9 Å². The summed E-state index contributed by atoms with van der Waals surface area (Å²) in [6, 6.07) is 8.96. The molecule has 1 saturated heterocycles. The third-order valence-electron chi connectivity index (χ3n) is 6.86. The van der Waals surface area contributed by atoms with Crippen LogP contribution in [0.25, 0.3) is 0 Å². The number of carbonyl (C=O) groups is 3. The van der Waals surface area contributed by atoms with Gasteiger partial charge < -0.3 is 10.1 Å². The third kappa shape index (κ3) is 7.66. The van der Waals surface area contributed by atoms with E-state index in [1.807, 2.05) is 58.0 Å². The number of carbonyl (C=O) groups excluding carboxylic acids is 3. The molecule has 0 aromatic heterocycles. The normalized spacial score (nSPS) is 21.9. The van der Waals surface area contributed by atoms with E-state index in [2.05, 4.69) is 24.1 Å². The van der Waals surface area contributed by atoms with Gasteiger partial charge in [0.2, 0.25) is 5.91 Å². The Morgan fingerprint density at radius 2 is 1.71 bits per heavy atom. The van der Waals surface area contributed by atoms with E-state index in [0.717, 1.165) is 24.8 Å². The summed E-state index contributed by atoms with van der Waals surface area (Å²) >= 11 is 0. The highest BCUT2D eigenvalue weighted by atomic mass is 16.6. The molecule has 1 aromatic rings. The van der Waals surface area contributed by atoms with Crippen molar-refractivity contribution >= 4 is 17.7 Å². The number of Topliss-reactive ketones (excluding diaryl/α,β-unsaturated/α-hetero) is 1. The van der Waals surface area contributed by atoms with Crippen LogP contribution in [0, 0.1) is 11.8 Å². The first-order chi connectivity index (χ1) is 16.0. The number of benzene rings is 1. The van der Waals surface area contributed by atoms with Gasteiger partial charge >= 0.3 is 5.97 Å². The summed E-state index contributed by atoms with van der Waals surface area (Å²) in [5.74, 6) is -0.192. The number of rotatable bonds is 11. The largest absolute Gasteiger partial charge is 0.459 e. The van der Waals surface area contributed by atoms with Crippen LogP contribution in [0.3, 0.4) is 0 Å². The van der Waals surface area contributed by atoms with Gasteiger partial charge in [-0.15, -0.1) is 0 Å². The van der Waals surface area contributed by atoms with E-state index < -0.39 is 11.6 Å². The summed E-state index contributed by atoms with van der Waals surface area (Å²) in [5.41, 5.74) is 0.444. The highest BCUT2D eigenvalue weighted by Gasteiger charge is 2.51. The lowest BCUT2D eigenvalue weighted by Crippen LogP contribution is -2.55. The highest BCUT2D eigenvalue weighted by molar-refractivity contribution is 5.85. The quantitative estimate of drug-likeness (QED) is 0.464. The summed E-state index contributed by atoms with van der Waals surface area (Å²) in [6.07, 6.45) is 3.59. The monoisotopic (exact) mass is 472 g/mol. The van der Waals surface area contributed by atoms with Crippen LogP contribution in [0.5, 0.6) is 0 Å². The molecule has 0 saturated carbocycles. The number of esters is 1. The molecule has 4 atom stereocenters. The van der Waals surface area contributed by atoms with Gasteiger partial charge in [-0.2, -0.15) is 0 Å². The number of hydrogen-bond acceptors (Lipinski definition) is 5. The second-order valence-corrected chi connectivity index (χ2v) is 10.6. The summed E-state index contributed by atoms with van der Waals surface area (Å²) in [4.78, 5) is 41.0. The highest BCUT2D eigenvalue weighted by Crippen LogP contribution is 2.38. The van der Waals surface area contributed by atoms with E-state index in [1.54, 1.807) is 0 Å². The van der Waals surface area contributed by atoms with Gasteiger partial charge in [-0.1, -0.05) is 63.9 Å². The van der Waals surface area contributed by atoms with Crippen molar-refractivity contribution in [1.82, 2.24) is 10.2 Å². The Morgan fingerprint density at radius 1 is 1.09 bits per heavy atom. The number of amides is 1. The van der Waals surface area contributed by atoms with Crippen LogP contribution < -0.4 is 5.32 Å². The lowest BCUT2D eigenvalue weighted by Gasteiger charge is -2.38. The zero-order valence-electron chi connectivity index (χ0n) is 22.1. The molecule has 0 spiro atoms. The molecule has 1 heterocycles. The van der Waals surface area contributed by atoms with Crippen LogP contribution in [0.1, 0.15) is 86.1 Å². The molecule has 34 heavy (non-hydrogen) atoms. The Labute approximate surface area is 205 Å². The predicted octanol–water partition coefficient (Wildman–Crippen LogP) is 4.90. The van der Waals surface area contributed by atoms with Crippen LogP contribution in [0.2, 0.25) is 0 Å². The minimum absolute atomic E-state index is 0.112. The molecule has 1 unspecified atom stereocenters. The lowest BCUT2D eigenvalue weighted by molar-refractivity contribution is -0.161. The molecule has 1 amide bonds. The molecule has 1 aliphatic heterocycles. The van der Waals surface area contributed by atoms with Crippen LogP contribution in [-0.2, 0) is 25.7 Å². The molecule has 6 nitrogen and oxygen atoms in total. The minimum Gasteiger partial charge on any atom is -0.459 e. The van der Waals surface area contributed by atoms with E-state index in [1.165, 1.54) is 6.92 Å². The topological polar surface area (TPSA) is 75.7 Å². The fourth-order valence-electron chi connectivity index (χ4n) is 5.19. The Bertz CT molecular complexity index is 813. The maximum Gasteiger partial charge on any atom is 0.323 e. The molecule has 1 aromatic carbocycles. The fraction of sp³-hybridized carbons (Fsp3) is 0.679. The van der Waals surface area contributed by atoms with Crippen LogP contribution in [0.15, 0.2) is 30.3 Å². The fourth-order valence-corrected chi connectivity index (χ4v) is 5.19. The van der Waals surface area contributed by atoms with Gasteiger partial charge in [0.25, 0.3) is 0 Å². The number of ketones is 1.